The molecule has 0 spiro atoms. The highest BCUT2D eigenvalue weighted by molar-refractivity contribution is 5.91. The van der Waals surface area contributed by atoms with Gasteiger partial charge in [-0.25, -0.2) is 9.59 Å². The SMILES string of the molecule is CC(C)(C)OC(=O)c1ccc([N+](=O)[O-])c(OCCOc2cc(C(=O)OC(C)(C)C)ccc2[N+](=O)[O-])c1. The molecule has 2 rings (SSSR count). The average Bonchev–Trinajstić information content (AvgIpc) is 2.73. The van der Waals surface area contributed by atoms with Gasteiger partial charge in [-0.2, -0.15) is 0 Å². The quantitative estimate of drug-likeness (QED) is 0.200. The molecule has 0 N–H and O–H groups in total. The zero-order valence-corrected chi connectivity index (χ0v) is 20.9. The van der Waals surface area contributed by atoms with Gasteiger partial charge in [0.1, 0.15) is 24.4 Å². The van der Waals surface area contributed by atoms with E-state index >= 15 is 0 Å². The van der Waals surface area contributed by atoms with E-state index < -0.39 is 33.0 Å². The van der Waals surface area contributed by atoms with Crippen LogP contribution in [0.2, 0.25) is 0 Å². The Morgan fingerprint density at radius 1 is 0.694 bits per heavy atom. The van der Waals surface area contributed by atoms with Crippen molar-refractivity contribution in [3.8, 4) is 11.5 Å². The van der Waals surface area contributed by atoms with Gasteiger partial charge < -0.3 is 18.9 Å². The Hall–Kier alpha value is -4.22. The van der Waals surface area contributed by atoms with Crippen molar-refractivity contribution in [3.05, 3.63) is 67.8 Å². The van der Waals surface area contributed by atoms with E-state index in [-0.39, 0.29) is 47.2 Å². The number of ether oxygens (including phenoxy) is 4. The third kappa shape index (κ3) is 8.22. The molecule has 194 valence electrons. The van der Waals surface area contributed by atoms with Crippen LogP contribution in [0.5, 0.6) is 11.5 Å². The second-order valence-corrected chi connectivity index (χ2v) is 9.58. The molecule has 0 heterocycles. The second-order valence-electron chi connectivity index (χ2n) is 9.58. The highest BCUT2D eigenvalue weighted by Crippen LogP contribution is 2.31. The van der Waals surface area contributed by atoms with Gasteiger partial charge in [0, 0.05) is 24.3 Å². The summed E-state index contributed by atoms with van der Waals surface area (Å²) in [4.78, 5) is 46.0. The van der Waals surface area contributed by atoms with Crippen molar-refractivity contribution < 1.29 is 38.4 Å². The third-order valence-electron chi connectivity index (χ3n) is 4.18. The lowest BCUT2D eigenvalue weighted by Crippen LogP contribution is -2.24. The number of nitro benzene ring substituents is 2. The van der Waals surface area contributed by atoms with E-state index in [9.17, 15) is 29.8 Å². The maximum atomic E-state index is 12.3. The van der Waals surface area contributed by atoms with Crippen molar-refractivity contribution in [2.75, 3.05) is 13.2 Å². The number of carbonyl (C=O) groups is 2. The van der Waals surface area contributed by atoms with Crippen LogP contribution in [-0.2, 0) is 9.47 Å². The van der Waals surface area contributed by atoms with Crippen LogP contribution in [0.4, 0.5) is 11.4 Å². The van der Waals surface area contributed by atoms with E-state index in [4.69, 9.17) is 18.9 Å². The minimum absolute atomic E-state index is 0.0483. The Bertz CT molecular complexity index is 1070. The highest BCUT2D eigenvalue weighted by atomic mass is 16.6. The predicted molar refractivity (Wildman–Crippen MR) is 128 cm³/mol. The van der Waals surface area contributed by atoms with Crippen molar-refractivity contribution in [2.24, 2.45) is 0 Å². The Morgan fingerprint density at radius 2 is 1.03 bits per heavy atom. The lowest BCUT2D eigenvalue weighted by Gasteiger charge is -2.20. The molecular weight excluding hydrogens is 476 g/mol. The molecule has 36 heavy (non-hydrogen) atoms. The Labute approximate surface area is 207 Å². The summed E-state index contributed by atoms with van der Waals surface area (Å²) >= 11 is 0. The first-order valence-corrected chi connectivity index (χ1v) is 10.9. The molecule has 12 nitrogen and oxygen atoms in total. The minimum Gasteiger partial charge on any atom is -0.483 e. The van der Waals surface area contributed by atoms with Crippen molar-refractivity contribution >= 4 is 23.3 Å². The van der Waals surface area contributed by atoms with Crippen LogP contribution in [0.3, 0.4) is 0 Å². The van der Waals surface area contributed by atoms with E-state index in [1.165, 1.54) is 24.3 Å². The van der Waals surface area contributed by atoms with Crippen molar-refractivity contribution in [2.45, 2.75) is 52.7 Å². The van der Waals surface area contributed by atoms with Gasteiger partial charge in [0.2, 0.25) is 0 Å². The number of carbonyl (C=O) groups excluding carboxylic acids is 2. The maximum absolute atomic E-state index is 12.3. The average molecular weight is 504 g/mol. The molecule has 0 saturated carbocycles. The van der Waals surface area contributed by atoms with E-state index in [0.717, 1.165) is 12.1 Å². The number of benzene rings is 2. The molecule has 12 heteroatoms. The molecule has 2 aromatic rings. The Morgan fingerprint density at radius 3 is 1.31 bits per heavy atom. The molecule has 0 aromatic heterocycles. The summed E-state index contributed by atoms with van der Waals surface area (Å²) in [6.07, 6.45) is 0. The number of nitro groups is 2. The van der Waals surface area contributed by atoms with E-state index in [1.807, 2.05) is 0 Å². The standard InChI is InChI=1S/C24H28N2O10/c1-23(2,3)35-21(27)15-7-9-17(25(29)30)19(13-15)33-11-12-34-20-14-16(8-10-18(20)26(31)32)22(28)36-24(4,5)6/h7-10,13-14H,11-12H2,1-6H3. The summed E-state index contributed by atoms with van der Waals surface area (Å²) in [5.41, 5.74) is -2.22. The molecule has 0 fully saturated rings. The molecule has 0 radical (unpaired) electrons. The van der Waals surface area contributed by atoms with Crippen LogP contribution in [0.25, 0.3) is 0 Å². The van der Waals surface area contributed by atoms with Gasteiger partial charge in [-0.1, -0.05) is 0 Å². The molecule has 0 aliphatic rings. The van der Waals surface area contributed by atoms with Crippen molar-refractivity contribution in [1.82, 2.24) is 0 Å². The van der Waals surface area contributed by atoms with E-state index in [0.29, 0.717) is 0 Å². The van der Waals surface area contributed by atoms with Gasteiger partial charge in [0.25, 0.3) is 0 Å². The van der Waals surface area contributed by atoms with Crippen LogP contribution in [-0.4, -0.2) is 46.2 Å². The van der Waals surface area contributed by atoms with Crippen molar-refractivity contribution in [3.63, 3.8) is 0 Å². The van der Waals surface area contributed by atoms with Gasteiger partial charge in [0.05, 0.1) is 21.0 Å². The number of hydrogen-bond donors (Lipinski definition) is 0. The molecule has 0 unspecified atom stereocenters. The molecule has 2 aromatic carbocycles. The van der Waals surface area contributed by atoms with Gasteiger partial charge in [0.15, 0.2) is 11.5 Å². The van der Waals surface area contributed by atoms with Crippen LogP contribution in [0.15, 0.2) is 36.4 Å². The van der Waals surface area contributed by atoms with Crippen LogP contribution >= 0.6 is 0 Å². The summed E-state index contributed by atoms with van der Waals surface area (Å²) in [5.74, 6) is -1.78. The molecule has 0 amide bonds. The fourth-order valence-corrected chi connectivity index (χ4v) is 2.79. The molecule has 0 atom stereocenters. The van der Waals surface area contributed by atoms with Gasteiger partial charge >= 0.3 is 23.3 Å². The van der Waals surface area contributed by atoms with Crippen molar-refractivity contribution in [1.29, 1.82) is 0 Å². The van der Waals surface area contributed by atoms with Crippen LogP contribution in [0.1, 0.15) is 62.3 Å². The summed E-state index contributed by atoms with van der Waals surface area (Å²) in [7, 11) is 0. The maximum Gasteiger partial charge on any atom is 0.338 e. The fraction of sp³-hybridized carbons (Fsp3) is 0.417. The summed E-state index contributed by atoms with van der Waals surface area (Å²) in [5, 5.41) is 22.7. The zero-order chi connectivity index (χ0) is 27.3. The first-order chi connectivity index (χ1) is 16.6. The zero-order valence-electron chi connectivity index (χ0n) is 20.9. The monoisotopic (exact) mass is 504 g/mol. The Balaban J connectivity index is 2.17. The van der Waals surface area contributed by atoms with Gasteiger partial charge in [-0.15, -0.1) is 0 Å². The van der Waals surface area contributed by atoms with E-state index in [1.54, 1.807) is 41.5 Å². The Kier molecular flexibility index (Phi) is 8.57. The second kappa shape index (κ2) is 11.0. The largest absolute Gasteiger partial charge is 0.483 e. The minimum atomic E-state index is -0.768. The fourth-order valence-electron chi connectivity index (χ4n) is 2.79. The van der Waals surface area contributed by atoms with Gasteiger partial charge in [-0.3, -0.25) is 20.2 Å². The normalized spacial score (nSPS) is 11.4. The van der Waals surface area contributed by atoms with Crippen LogP contribution < -0.4 is 9.47 Å². The highest BCUT2D eigenvalue weighted by Gasteiger charge is 2.24. The number of rotatable bonds is 9. The van der Waals surface area contributed by atoms with Gasteiger partial charge in [-0.05, 0) is 53.7 Å². The topological polar surface area (TPSA) is 157 Å². The summed E-state index contributed by atoms with van der Waals surface area (Å²) in [6.45, 7) is 9.58. The predicted octanol–water partition coefficient (Wildman–Crippen LogP) is 4.87. The lowest BCUT2D eigenvalue weighted by molar-refractivity contribution is -0.386. The summed E-state index contributed by atoms with van der Waals surface area (Å²) in [6, 6.07) is 7.09. The number of nitrogens with zero attached hydrogens (tertiary/aromatic N) is 2. The number of esters is 2. The first-order valence-electron chi connectivity index (χ1n) is 10.9. The molecule has 0 aliphatic heterocycles. The number of hydrogen-bond acceptors (Lipinski definition) is 10. The third-order valence-corrected chi connectivity index (χ3v) is 4.18. The lowest BCUT2D eigenvalue weighted by atomic mass is 10.1. The smallest absolute Gasteiger partial charge is 0.338 e. The molecule has 0 bridgehead atoms. The van der Waals surface area contributed by atoms with Crippen LogP contribution in [0, 0.1) is 20.2 Å². The molecule has 0 aliphatic carbocycles. The van der Waals surface area contributed by atoms with E-state index in [2.05, 4.69) is 0 Å². The molecular formula is C24H28N2O10. The summed E-state index contributed by atoms with van der Waals surface area (Å²) < 4.78 is 21.4. The first kappa shape index (κ1) is 28.0. The molecule has 0 saturated heterocycles.